The van der Waals surface area contributed by atoms with Gasteiger partial charge in [0.1, 0.15) is 0 Å². The first-order chi connectivity index (χ1) is 16.7. The van der Waals surface area contributed by atoms with Gasteiger partial charge in [-0.3, -0.25) is 18.8 Å². The lowest BCUT2D eigenvalue weighted by atomic mass is 10.2. The summed E-state index contributed by atoms with van der Waals surface area (Å²) in [5.41, 5.74) is 3.42. The Kier molecular flexibility index (Phi) is 6.12. The van der Waals surface area contributed by atoms with Crippen molar-refractivity contribution >= 4 is 32.3 Å². The highest BCUT2D eigenvalue weighted by Crippen LogP contribution is 2.31. The molecule has 0 N–H and O–H groups in total. The Hall–Kier alpha value is -3.21. The predicted octanol–water partition coefficient (Wildman–Crippen LogP) is 1.31. The summed E-state index contributed by atoms with van der Waals surface area (Å²) in [7, 11) is -2.99. The van der Waals surface area contributed by atoms with Crippen LogP contribution in [0.1, 0.15) is 30.3 Å². The van der Waals surface area contributed by atoms with Crippen molar-refractivity contribution in [3.63, 3.8) is 0 Å². The Morgan fingerprint density at radius 1 is 1.11 bits per heavy atom. The molecular formula is C24H30N6O4S. The fourth-order valence-corrected chi connectivity index (χ4v) is 6.95. The number of aromatic nitrogens is 4. The van der Waals surface area contributed by atoms with E-state index in [0.29, 0.717) is 50.0 Å². The maximum absolute atomic E-state index is 12.9. The van der Waals surface area contributed by atoms with E-state index >= 15 is 0 Å². The van der Waals surface area contributed by atoms with Gasteiger partial charge in [-0.25, -0.2) is 13.4 Å². The molecule has 1 amide bonds. The molecule has 1 unspecified atom stereocenters. The van der Waals surface area contributed by atoms with Crippen molar-refractivity contribution in [1.82, 2.24) is 24.2 Å². The third-order valence-corrected chi connectivity index (χ3v) is 8.84. The van der Waals surface area contributed by atoms with Gasteiger partial charge in [0.15, 0.2) is 9.84 Å². The number of fused-ring (bicyclic) bond motifs is 1. The van der Waals surface area contributed by atoms with E-state index in [2.05, 4.69) is 15.0 Å². The number of piperazine rings is 1. The van der Waals surface area contributed by atoms with Crippen molar-refractivity contribution in [3.8, 4) is 0 Å². The summed E-state index contributed by atoms with van der Waals surface area (Å²) in [6.45, 7) is 6.78. The topological polar surface area (TPSA) is 110 Å². The van der Waals surface area contributed by atoms with E-state index in [1.54, 1.807) is 12.1 Å². The minimum absolute atomic E-state index is 0.0185. The van der Waals surface area contributed by atoms with Crippen molar-refractivity contribution in [2.75, 3.05) is 42.6 Å². The van der Waals surface area contributed by atoms with Crippen LogP contribution in [-0.4, -0.2) is 76.2 Å². The second kappa shape index (κ2) is 9.10. The molecule has 2 aliphatic heterocycles. The third kappa shape index (κ3) is 4.56. The maximum Gasteiger partial charge on any atom is 0.261 e. The monoisotopic (exact) mass is 498 g/mol. The highest BCUT2D eigenvalue weighted by molar-refractivity contribution is 7.91. The van der Waals surface area contributed by atoms with Crippen molar-refractivity contribution in [3.05, 3.63) is 52.3 Å². The Labute approximate surface area is 204 Å². The van der Waals surface area contributed by atoms with Crippen LogP contribution >= 0.6 is 0 Å². The van der Waals surface area contributed by atoms with Crippen LogP contribution in [0, 0.1) is 13.8 Å². The Balaban J connectivity index is 1.21. The molecule has 0 bridgehead atoms. The molecule has 10 nitrogen and oxygen atoms in total. The van der Waals surface area contributed by atoms with E-state index in [1.807, 2.05) is 35.6 Å². The molecule has 2 fully saturated rings. The highest BCUT2D eigenvalue weighted by Gasteiger charge is 2.33. The van der Waals surface area contributed by atoms with E-state index in [-0.39, 0.29) is 35.4 Å². The fraction of sp³-hybridized carbons (Fsp3) is 0.500. The quantitative estimate of drug-likeness (QED) is 0.522. The first-order valence-electron chi connectivity index (χ1n) is 12.0. The van der Waals surface area contributed by atoms with Crippen molar-refractivity contribution in [2.24, 2.45) is 0 Å². The van der Waals surface area contributed by atoms with Crippen LogP contribution in [-0.2, 0) is 21.2 Å². The molecule has 186 valence electrons. The zero-order chi connectivity index (χ0) is 24.7. The molecule has 0 spiro atoms. The number of hydrogen-bond acceptors (Lipinski definition) is 7. The normalized spacial score (nSPS) is 20.0. The lowest BCUT2D eigenvalue weighted by molar-refractivity contribution is -0.131. The van der Waals surface area contributed by atoms with Crippen LogP contribution in [0.5, 0.6) is 0 Å². The number of carbonyl (C=O) groups is 1. The molecule has 5 rings (SSSR count). The molecule has 2 saturated heterocycles. The van der Waals surface area contributed by atoms with Gasteiger partial charge in [0, 0.05) is 39.1 Å². The lowest BCUT2D eigenvalue weighted by Crippen LogP contribution is -2.49. The van der Waals surface area contributed by atoms with Crippen LogP contribution in [0.25, 0.3) is 10.9 Å². The Bertz CT molecular complexity index is 1440. The number of hydrogen-bond donors (Lipinski definition) is 0. The predicted molar refractivity (Wildman–Crippen MR) is 133 cm³/mol. The molecule has 2 aromatic heterocycles. The van der Waals surface area contributed by atoms with Crippen molar-refractivity contribution < 1.29 is 13.2 Å². The molecule has 4 heterocycles. The van der Waals surface area contributed by atoms with E-state index in [1.165, 1.54) is 10.9 Å². The number of carbonyl (C=O) groups excluding carboxylic acids is 1. The number of sulfone groups is 1. The molecule has 3 aromatic rings. The van der Waals surface area contributed by atoms with Crippen LogP contribution in [0.15, 0.2) is 35.4 Å². The summed E-state index contributed by atoms with van der Waals surface area (Å²) in [5, 5.41) is 5.22. The van der Waals surface area contributed by atoms with Gasteiger partial charge >= 0.3 is 0 Å². The standard InChI is InChI=1S/C24H30N6O4S/c1-17-23(18(2)30(26-17)19-8-14-35(33,34)15-19)28-12-10-27(11-13-28)22(31)7-9-29-16-25-21-6-4-3-5-20(21)24(29)32/h3-6,16,19H,7-15H2,1-2H3. The van der Waals surface area contributed by atoms with Crippen molar-refractivity contribution in [1.29, 1.82) is 0 Å². The number of para-hydroxylation sites is 1. The fourth-order valence-electron chi connectivity index (χ4n) is 5.25. The molecule has 1 aromatic carbocycles. The number of benzene rings is 1. The number of anilines is 1. The van der Waals surface area contributed by atoms with Crippen molar-refractivity contribution in [2.45, 2.75) is 39.3 Å². The van der Waals surface area contributed by atoms with Gasteiger partial charge < -0.3 is 9.80 Å². The summed E-state index contributed by atoms with van der Waals surface area (Å²) in [5.74, 6) is 0.380. The summed E-state index contributed by atoms with van der Waals surface area (Å²) in [6, 6.07) is 7.09. The van der Waals surface area contributed by atoms with Gasteiger partial charge in [-0.15, -0.1) is 0 Å². The molecule has 0 radical (unpaired) electrons. The molecular weight excluding hydrogens is 468 g/mol. The summed E-state index contributed by atoms with van der Waals surface area (Å²) >= 11 is 0. The largest absolute Gasteiger partial charge is 0.365 e. The average Bonchev–Trinajstić information content (AvgIpc) is 3.36. The third-order valence-electron chi connectivity index (χ3n) is 7.09. The molecule has 0 aliphatic carbocycles. The molecule has 2 aliphatic rings. The van der Waals surface area contributed by atoms with Gasteiger partial charge in [-0.2, -0.15) is 5.10 Å². The number of amides is 1. The lowest BCUT2D eigenvalue weighted by Gasteiger charge is -2.36. The number of nitrogens with zero attached hydrogens (tertiary/aromatic N) is 6. The minimum Gasteiger partial charge on any atom is -0.365 e. The van der Waals surface area contributed by atoms with E-state index in [9.17, 15) is 18.0 Å². The second-order valence-corrected chi connectivity index (χ2v) is 11.6. The van der Waals surface area contributed by atoms with Gasteiger partial charge in [-0.05, 0) is 32.4 Å². The molecule has 0 saturated carbocycles. The smallest absolute Gasteiger partial charge is 0.261 e. The minimum atomic E-state index is -2.99. The van der Waals surface area contributed by atoms with E-state index in [0.717, 1.165) is 17.1 Å². The Morgan fingerprint density at radius 2 is 1.86 bits per heavy atom. The zero-order valence-electron chi connectivity index (χ0n) is 20.1. The maximum atomic E-state index is 12.9. The average molecular weight is 499 g/mol. The van der Waals surface area contributed by atoms with Crippen LogP contribution < -0.4 is 10.5 Å². The molecule has 11 heteroatoms. The molecule has 1 atom stereocenters. The van der Waals surface area contributed by atoms with Crippen LogP contribution in [0.2, 0.25) is 0 Å². The first-order valence-corrected chi connectivity index (χ1v) is 13.8. The van der Waals surface area contributed by atoms with Gasteiger partial charge in [0.25, 0.3) is 5.56 Å². The Morgan fingerprint density at radius 3 is 2.57 bits per heavy atom. The van der Waals surface area contributed by atoms with E-state index in [4.69, 9.17) is 0 Å². The molecule has 35 heavy (non-hydrogen) atoms. The van der Waals surface area contributed by atoms with Gasteiger partial charge in [-0.1, -0.05) is 12.1 Å². The zero-order valence-corrected chi connectivity index (χ0v) is 20.9. The summed E-state index contributed by atoms with van der Waals surface area (Å²) in [4.78, 5) is 33.9. The summed E-state index contributed by atoms with van der Waals surface area (Å²) in [6.07, 6.45) is 2.35. The second-order valence-electron chi connectivity index (χ2n) is 9.40. The first kappa shape index (κ1) is 23.5. The number of rotatable bonds is 5. The highest BCUT2D eigenvalue weighted by atomic mass is 32.2. The number of aryl methyl sites for hydroxylation is 2. The van der Waals surface area contributed by atoms with Crippen LogP contribution in [0.4, 0.5) is 5.69 Å². The van der Waals surface area contributed by atoms with Gasteiger partial charge in [0.2, 0.25) is 5.91 Å². The van der Waals surface area contributed by atoms with Crippen LogP contribution in [0.3, 0.4) is 0 Å². The van der Waals surface area contributed by atoms with Gasteiger partial charge in [0.05, 0.1) is 51.9 Å². The van der Waals surface area contributed by atoms with E-state index < -0.39 is 9.84 Å². The SMILES string of the molecule is Cc1nn(C2CCS(=O)(=O)C2)c(C)c1N1CCN(C(=O)CCn2cnc3ccccc3c2=O)CC1. The summed E-state index contributed by atoms with van der Waals surface area (Å²) < 4.78 is 27.2.